The third-order valence-corrected chi connectivity index (χ3v) is 5.61. The largest absolute Gasteiger partial charge is 0.341 e. The monoisotopic (exact) mass is 341 g/mol. The molecule has 8 heteroatoms. The molecular weight excluding hydrogens is 314 g/mol. The van der Waals surface area contributed by atoms with Crippen LogP contribution in [0.15, 0.2) is 18.5 Å². The number of aromatic nitrogens is 2. The van der Waals surface area contributed by atoms with Gasteiger partial charge in [-0.3, -0.25) is 0 Å². The molecule has 0 amide bonds. The van der Waals surface area contributed by atoms with Crippen molar-refractivity contribution in [1.82, 2.24) is 19.0 Å². The van der Waals surface area contributed by atoms with Gasteiger partial charge in [0.15, 0.2) is 0 Å². The van der Waals surface area contributed by atoms with E-state index in [0.717, 1.165) is 38.8 Å². The van der Waals surface area contributed by atoms with Crippen molar-refractivity contribution < 1.29 is 8.42 Å². The molecule has 0 unspecified atom stereocenters. The van der Waals surface area contributed by atoms with Crippen LogP contribution in [0.2, 0.25) is 0 Å². The van der Waals surface area contributed by atoms with Crippen molar-refractivity contribution in [2.45, 2.75) is 45.6 Å². The minimum Gasteiger partial charge on any atom is -0.341 e. The Morgan fingerprint density at radius 1 is 1.17 bits per heavy atom. The second kappa shape index (κ2) is 8.56. The second-order valence-electron chi connectivity index (χ2n) is 5.83. The molecule has 1 aliphatic rings. The number of nitrogens with one attached hydrogen (secondary N) is 1. The summed E-state index contributed by atoms with van der Waals surface area (Å²) in [5.41, 5.74) is 0. The standard InChI is InChI=1S/C15H27N5O2S/c1-3-10-20(11-4-2)23(21,22)18-14-6-12-19(13-7-14)15-16-8-5-9-17-15/h5,8-9,14,18H,3-4,6-7,10-13H2,1-2H3. The summed E-state index contributed by atoms with van der Waals surface area (Å²) in [7, 11) is -3.39. The zero-order chi connectivity index (χ0) is 16.7. The van der Waals surface area contributed by atoms with E-state index in [1.807, 2.05) is 13.8 Å². The van der Waals surface area contributed by atoms with Gasteiger partial charge in [0.05, 0.1) is 0 Å². The fourth-order valence-electron chi connectivity index (χ4n) is 2.79. The molecule has 0 saturated carbocycles. The molecule has 2 heterocycles. The van der Waals surface area contributed by atoms with E-state index < -0.39 is 10.2 Å². The Labute approximate surface area is 139 Å². The summed E-state index contributed by atoms with van der Waals surface area (Å²) in [6.07, 6.45) is 6.64. The summed E-state index contributed by atoms with van der Waals surface area (Å²) < 4.78 is 29.4. The van der Waals surface area contributed by atoms with Gasteiger partial charge in [-0.25, -0.2) is 9.97 Å². The molecule has 0 aliphatic carbocycles. The predicted molar refractivity (Wildman–Crippen MR) is 91.5 cm³/mol. The van der Waals surface area contributed by atoms with Gasteiger partial charge in [-0.05, 0) is 31.7 Å². The Kier molecular flexibility index (Phi) is 6.73. The van der Waals surface area contributed by atoms with Gasteiger partial charge < -0.3 is 4.90 Å². The number of hydrogen-bond donors (Lipinski definition) is 1. The fraction of sp³-hybridized carbons (Fsp3) is 0.733. The summed E-state index contributed by atoms with van der Waals surface area (Å²) >= 11 is 0. The average molecular weight is 341 g/mol. The maximum atomic E-state index is 12.5. The summed E-state index contributed by atoms with van der Waals surface area (Å²) in [6.45, 7) is 6.66. The molecule has 1 N–H and O–H groups in total. The number of hydrogen-bond acceptors (Lipinski definition) is 5. The van der Waals surface area contributed by atoms with Crippen LogP contribution in [-0.2, 0) is 10.2 Å². The molecule has 1 fully saturated rings. The van der Waals surface area contributed by atoms with Crippen LogP contribution in [0.3, 0.4) is 0 Å². The summed E-state index contributed by atoms with van der Waals surface area (Å²) in [6, 6.07) is 1.77. The highest BCUT2D eigenvalue weighted by Crippen LogP contribution is 2.16. The minimum atomic E-state index is -3.39. The van der Waals surface area contributed by atoms with E-state index in [9.17, 15) is 8.42 Å². The molecule has 0 radical (unpaired) electrons. The van der Waals surface area contributed by atoms with Gasteiger partial charge in [-0.2, -0.15) is 17.4 Å². The molecule has 1 saturated heterocycles. The molecular formula is C15H27N5O2S. The first-order valence-corrected chi connectivity index (χ1v) is 9.80. The number of anilines is 1. The van der Waals surface area contributed by atoms with Crippen molar-refractivity contribution in [2.75, 3.05) is 31.1 Å². The van der Waals surface area contributed by atoms with Crippen LogP contribution in [0.4, 0.5) is 5.95 Å². The van der Waals surface area contributed by atoms with Gasteiger partial charge in [-0.15, -0.1) is 0 Å². The first kappa shape index (κ1) is 18.1. The van der Waals surface area contributed by atoms with Gasteiger partial charge in [0.25, 0.3) is 10.2 Å². The highest BCUT2D eigenvalue weighted by atomic mass is 32.2. The SMILES string of the molecule is CCCN(CCC)S(=O)(=O)NC1CCN(c2ncccn2)CC1. The van der Waals surface area contributed by atoms with Crippen LogP contribution < -0.4 is 9.62 Å². The number of piperidine rings is 1. The zero-order valence-electron chi connectivity index (χ0n) is 14.0. The van der Waals surface area contributed by atoms with E-state index >= 15 is 0 Å². The lowest BCUT2D eigenvalue weighted by molar-refractivity contribution is 0.383. The molecule has 1 aromatic rings. The van der Waals surface area contributed by atoms with Crippen molar-refractivity contribution in [3.05, 3.63) is 18.5 Å². The summed E-state index contributed by atoms with van der Waals surface area (Å²) in [4.78, 5) is 10.6. The second-order valence-corrected chi connectivity index (χ2v) is 7.53. The summed E-state index contributed by atoms with van der Waals surface area (Å²) in [5.74, 6) is 0.715. The normalized spacial score (nSPS) is 16.9. The van der Waals surface area contributed by atoms with Crippen molar-refractivity contribution in [3.8, 4) is 0 Å². The Balaban J connectivity index is 1.90. The van der Waals surface area contributed by atoms with Crippen LogP contribution in [0.25, 0.3) is 0 Å². The quantitative estimate of drug-likeness (QED) is 0.773. The Morgan fingerprint density at radius 3 is 2.26 bits per heavy atom. The molecule has 23 heavy (non-hydrogen) atoms. The lowest BCUT2D eigenvalue weighted by Crippen LogP contribution is -2.50. The van der Waals surface area contributed by atoms with Gasteiger partial charge >= 0.3 is 0 Å². The molecule has 1 aromatic heterocycles. The van der Waals surface area contributed by atoms with Crippen molar-refractivity contribution >= 4 is 16.2 Å². The smallest absolute Gasteiger partial charge is 0.279 e. The van der Waals surface area contributed by atoms with Crippen LogP contribution in [-0.4, -0.2) is 54.9 Å². The van der Waals surface area contributed by atoms with Crippen LogP contribution in [0, 0.1) is 0 Å². The number of nitrogens with zero attached hydrogens (tertiary/aromatic N) is 4. The van der Waals surface area contributed by atoms with Gasteiger partial charge in [0, 0.05) is 44.6 Å². The van der Waals surface area contributed by atoms with Crippen LogP contribution >= 0.6 is 0 Å². The van der Waals surface area contributed by atoms with Crippen molar-refractivity contribution in [2.24, 2.45) is 0 Å². The highest BCUT2D eigenvalue weighted by Gasteiger charge is 2.27. The molecule has 130 valence electrons. The van der Waals surface area contributed by atoms with Crippen LogP contribution in [0.5, 0.6) is 0 Å². The average Bonchev–Trinajstić information content (AvgIpc) is 2.56. The minimum absolute atomic E-state index is 0.0174. The first-order chi connectivity index (χ1) is 11.1. The topological polar surface area (TPSA) is 78.4 Å². The third kappa shape index (κ3) is 5.12. The van der Waals surface area contributed by atoms with E-state index in [-0.39, 0.29) is 6.04 Å². The van der Waals surface area contributed by atoms with Crippen molar-refractivity contribution in [1.29, 1.82) is 0 Å². The molecule has 0 spiro atoms. The molecule has 1 aliphatic heterocycles. The Hall–Kier alpha value is -1.25. The van der Waals surface area contributed by atoms with Gasteiger partial charge in [-0.1, -0.05) is 13.8 Å². The Bertz CT molecular complexity index is 552. The molecule has 0 atom stereocenters. The third-order valence-electron chi connectivity index (χ3n) is 3.93. The lowest BCUT2D eigenvalue weighted by Gasteiger charge is -2.33. The number of rotatable bonds is 8. The first-order valence-electron chi connectivity index (χ1n) is 8.36. The fourth-order valence-corrected chi connectivity index (χ4v) is 4.44. The van der Waals surface area contributed by atoms with E-state index in [1.54, 1.807) is 22.8 Å². The van der Waals surface area contributed by atoms with E-state index in [4.69, 9.17) is 0 Å². The van der Waals surface area contributed by atoms with Gasteiger partial charge in [0.1, 0.15) is 0 Å². The van der Waals surface area contributed by atoms with Gasteiger partial charge in [0.2, 0.25) is 5.95 Å². The Morgan fingerprint density at radius 2 is 1.74 bits per heavy atom. The summed E-state index contributed by atoms with van der Waals surface area (Å²) in [5, 5.41) is 0. The van der Waals surface area contributed by atoms with E-state index in [1.165, 1.54) is 0 Å². The van der Waals surface area contributed by atoms with E-state index in [2.05, 4.69) is 19.6 Å². The molecule has 0 bridgehead atoms. The molecule has 7 nitrogen and oxygen atoms in total. The zero-order valence-corrected chi connectivity index (χ0v) is 14.8. The molecule has 2 rings (SSSR count). The van der Waals surface area contributed by atoms with Crippen LogP contribution in [0.1, 0.15) is 39.5 Å². The maximum Gasteiger partial charge on any atom is 0.279 e. The lowest BCUT2D eigenvalue weighted by atomic mass is 10.1. The van der Waals surface area contributed by atoms with E-state index in [0.29, 0.717) is 19.0 Å². The maximum absolute atomic E-state index is 12.5. The highest BCUT2D eigenvalue weighted by molar-refractivity contribution is 7.87. The predicted octanol–water partition coefficient (Wildman–Crippen LogP) is 1.40. The molecule has 0 aromatic carbocycles. The van der Waals surface area contributed by atoms with Crippen molar-refractivity contribution in [3.63, 3.8) is 0 Å².